The molecule has 0 bridgehead atoms. The van der Waals surface area contributed by atoms with Crippen LogP contribution in [0.2, 0.25) is 0 Å². The normalized spacial score (nSPS) is 10.4. The van der Waals surface area contributed by atoms with E-state index < -0.39 is 0 Å². The molecule has 1 amide bonds. The number of carbonyl (C=O) groups excluding carboxylic acids is 1. The van der Waals surface area contributed by atoms with E-state index in [0.29, 0.717) is 5.56 Å². The van der Waals surface area contributed by atoms with Gasteiger partial charge in [0.15, 0.2) is 0 Å². The SMILES string of the molecule is CNC(=O)c1ccc(-c2ccc3ncccc3c2)cc1. The van der Waals surface area contributed by atoms with E-state index in [1.54, 1.807) is 13.2 Å². The van der Waals surface area contributed by atoms with Crippen molar-refractivity contribution in [1.82, 2.24) is 10.3 Å². The fourth-order valence-electron chi connectivity index (χ4n) is 2.21. The number of pyridine rings is 1. The van der Waals surface area contributed by atoms with Crippen LogP contribution in [0.3, 0.4) is 0 Å². The molecule has 0 spiro atoms. The summed E-state index contributed by atoms with van der Waals surface area (Å²) in [7, 11) is 1.63. The summed E-state index contributed by atoms with van der Waals surface area (Å²) in [6.45, 7) is 0. The molecule has 0 atom stereocenters. The molecule has 0 fully saturated rings. The molecule has 3 aromatic rings. The fourth-order valence-corrected chi connectivity index (χ4v) is 2.21. The van der Waals surface area contributed by atoms with Crippen LogP contribution in [0.25, 0.3) is 22.0 Å². The Balaban J connectivity index is 2.00. The van der Waals surface area contributed by atoms with Gasteiger partial charge >= 0.3 is 0 Å². The maximum atomic E-state index is 11.5. The van der Waals surface area contributed by atoms with Crippen LogP contribution in [-0.4, -0.2) is 17.9 Å². The first-order chi connectivity index (χ1) is 9.78. The maximum absolute atomic E-state index is 11.5. The zero-order valence-corrected chi connectivity index (χ0v) is 11.1. The van der Waals surface area contributed by atoms with E-state index in [-0.39, 0.29) is 5.91 Å². The molecule has 0 aliphatic heterocycles. The van der Waals surface area contributed by atoms with Crippen molar-refractivity contribution in [2.75, 3.05) is 7.05 Å². The standard InChI is InChI=1S/C17H14N2O/c1-18-17(20)13-6-4-12(5-7-13)14-8-9-16-15(11-14)3-2-10-19-16/h2-11H,1H3,(H,18,20). The molecule has 0 saturated carbocycles. The average Bonchev–Trinajstić information content (AvgIpc) is 2.54. The molecule has 1 aromatic heterocycles. The summed E-state index contributed by atoms with van der Waals surface area (Å²) in [5, 5.41) is 3.73. The summed E-state index contributed by atoms with van der Waals surface area (Å²) in [5.41, 5.74) is 3.86. The predicted octanol–water partition coefficient (Wildman–Crippen LogP) is 3.26. The van der Waals surface area contributed by atoms with Gasteiger partial charge in [0.2, 0.25) is 0 Å². The highest BCUT2D eigenvalue weighted by molar-refractivity contribution is 5.94. The van der Waals surface area contributed by atoms with Crippen LogP contribution in [0.15, 0.2) is 60.8 Å². The minimum absolute atomic E-state index is 0.0701. The van der Waals surface area contributed by atoms with Gasteiger partial charge in [-0.05, 0) is 41.5 Å². The van der Waals surface area contributed by atoms with Gasteiger partial charge in [0.1, 0.15) is 0 Å². The third kappa shape index (κ3) is 2.26. The lowest BCUT2D eigenvalue weighted by Gasteiger charge is -2.05. The third-order valence-electron chi connectivity index (χ3n) is 3.31. The van der Waals surface area contributed by atoms with E-state index in [4.69, 9.17) is 0 Å². The molecule has 0 unspecified atom stereocenters. The molecule has 0 saturated heterocycles. The number of hydrogen-bond donors (Lipinski definition) is 1. The summed E-state index contributed by atoms with van der Waals surface area (Å²) >= 11 is 0. The third-order valence-corrected chi connectivity index (χ3v) is 3.31. The molecule has 0 aliphatic rings. The summed E-state index contributed by atoms with van der Waals surface area (Å²) in [6, 6.07) is 17.7. The number of nitrogens with zero attached hydrogens (tertiary/aromatic N) is 1. The second kappa shape index (κ2) is 5.13. The van der Waals surface area contributed by atoms with Crippen molar-refractivity contribution in [3.05, 3.63) is 66.4 Å². The molecule has 2 aromatic carbocycles. The van der Waals surface area contributed by atoms with Crippen LogP contribution >= 0.6 is 0 Å². The van der Waals surface area contributed by atoms with Crippen LogP contribution in [-0.2, 0) is 0 Å². The van der Waals surface area contributed by atoms with Gasteiger partial charge in [-0.1, -0.05) is 24.3 Å². The van der Waals surface area contributed by atoms with Gasteiger partial charge in [0.25, 0.3) is 5.91 Å². The molecule has 3 nitrogen and oxygen atoms in total. The summed E-state index contributed by atoms with van der Waals surface area (Å²) in [6.07, 6.45) is 1.79. The van der Waals surface area contributed by atoms with E-state index in [1.807, 2.05) is 48.5 Å². The van der Waals surface area contributed by atoms with Crippen molar-refractivity contribution in [3.8, 4) is 11.1 Å². The second-order valence-corrected chi connectivity index (χ2v) is 4.57. The number of hydrogen-bond acceptors (Lipinski definition) is 2. The van der Waals surface area contributed by atoms with Crippen molar-refractivity contribution < 1.29 is 4.79 Å². The van der Waals surface area contributed by atoms with Gasteiger partial charge in [0.05, 0.1) is 5.52 Å². The van der Waals surface area contributed by atoms with Crippen LogP contribution in [0, 0.1) is 0 Å². The van der Waals surface area contributed by atoms with Gasteiger partial charge in [-0.25, -0.2) is 0 Å². The number of amides is 1. The number of nitrogens with one attached hydrogen (secondary N) is 1. The Morgan fingerprint density at radius 1 is 1.00 bits per heavy atom. The van der Waals surface area contributed by atoms with Crippen molar-refractivity contribution >= 4 is 16.8 Å². The van der Waals surface area contributed by atoms with Gasteiger partial charge in [-0.3, -0.25) is 9.78 Å². The Bertz CT molecular complexity index is 763. The first-order valence-electron chi connectivity index (χ1n) is 6.45. The smallest absolute Gasteiger partial charge is 0.251 e. The Kier molecular flexibility index (Phi) is 3.17. The van der Waals surface area contributed by atoms with E-state index in [0.717, 1.165) is 22.0 Å². The minimum Gasteiger partial charge on any atom is -0.355 e. The van der Waals surface area contributed by atoms with Gasteiger partial charge in [-0.15, -0.1) is 0 Å². The number of fused-ring (bicyclic) bond motifs is 1. The Labute approximate surface area is 117 Å². The first kappa shape index (κ1) is 12.4. The summed E-state index contributed by atoms with van der Waals surface area (Å²) < 4.78 is 0. The molecule has 3 rings (SSSR count). The van der Waals surface area contributed by atoms with E-state index in [2.05, 4.69) is 16.4 Å². The lowest BCUT2D eigenvalue weighted by molar-refractivity contribution is 0.0963. The van der Waals surface area contributed by atoms with Crippen LogP contribution in [0.4, 0.5) is 0 Å². The molecule has 0 aliphatic carbocycles. The number of rotatable bonds is 2. The zero-order valence-electron chi connectivity index (χ0n) is 11.1. The van der Waals surface area contributed by atoms with Gasteiger partial charge in [0, 0.05) is 24.2 Å². The van der Waals surface area contributed by atoms with Crippen molar-refractivity contribution in [1.29, 1.82) is 0 Å². The van der Waals surface area contributed by atoms with Crippen molar-refractivity contribution in [2.45, 2.75) is 0 Å². The van der Waals surface area contributed by atoms with Crippen LogP contribution in [0.5, 0.6) is 0 Å². The van der Waals surface area contributed by atoms with Gasteiger partial charge in [-0.2, -0.15) is 0 Å². The second-order valence-electron chi connectivity index (χ2n) is 4.57. The van der Waals surface area contributed by atoms with E-state index in [9.17, 15) is 4.79 Å². The highest BCUT2D eigenvalue weighted by atomic mass is 16.1. The van der Waals surface area contributed by atoms with E-state index >= 15 is 0 Å². The maximum Gasteiger partial charge on any atom is 0.251 e. The minimum atomic E-state index is -0.0701. The predicted molar refractivity (Wildman–Crippen MR) is 80.6 cm³/mol. The molecule has 3 heteroatoms. The Morgan fingerprint density at radius 2 is 1.75 bits per heavy atom. The highest BCUT2D eigenvalue weighted by Crippen LogP contribution is 2.23. The molecular formula is C17H14N2O. The quantitative estimate of drug-likeness (QED) is 0.770. The van der Waals surface area contributed by atoms with Crippen molar-refractivity contribution in [3.63, 3.8) is 0 Å². The van der Waals surface area contributed by atoms with E-state index in [1.165, 1.54) is 0 Å². The zero-order chi connectivity index (χ0) is 13.9. The fraction of sp³-hybridized carbons (Fsp3) is 0.0588. The Hall–Kier alpha value is -2.68. The van der Waals surface area contributed by atoms with Crippen LogP contribution < -0.4 is 5.32 Å². The monoisotopic (exact) mass is 262 g/mol. The topological polar surface area (TPSA) is 42.0 Å². The molecule has 98 valence electrons. The molecular weight excluding hydrogens is 248 g/mol. The average molecular weight is 262 g/mol. The van der Waals surface area contributed by atoms with Crippen LogP contribution in [0.1, 0.15) is 10.4 Å². The molecule has 0 radical (unpaired) electrons. The highest BCUT2D eigenvalue weighted by Gasteiger charge is 2.04. The largest absolute Gasteiger partial charge is 0.355 e. The number of aromatic nitrogens is 1. The number of carbonyl (C=O) groups is 1. The van der Waals surface area contributed by atoms with Crippen molar-refractivity contribution in [2.24, 2.45) is 0 Å². The van der Waals surface area contributed by atoms with Gasteiger partial charge < -0.3 is 5.32 Å². The first-order valence-corrected chi connectivity index (χ1v) is 6.45. The molecule has 1 heterocycles. The summed E-state index contributed by atoms with van der Waals surface area (Å²) in [4.78, 5) is 15.8. The molecule has 1 N–H and O–H groups in total. The Morgan fingerprint density at radius 3 is 2.50 bits per heavy atom. The lowest BCUT2D eigenvalue weighted by Crippen LogP contribution is -2.17. The summed E-state index contributed by atoms with van der Waals surface area (Å²) in [5.74, 6) is -0.0701. The molecule has 20 heavy (non-hydrogen) atoms. The lowest BCUT2D eigenvalue weighted by atomic mass is 10.0. The number of benzene rings is 2.